The zero-order chi connectivity index (χ0) is 16.2. The van der Waals surface area contributed by atoms with E-state index in [-0.39, 0.29) is 0 Å². The molecule has 3 rings (SSSR count). The molecule has 2 aromatic carbocycles. The molecule has 3 nitrogen and oxygen atoms in total. The summed E-state index contributed by atoms with van der Waals surface area (Å²) in [5, 5.41) is 0.659. The van der Waals surface area contributed by atoms with Gasteiger partial charge in [0.25, 0.3) is 0 Å². The fraction of sp³-hybridized carbons (Fsp3) is 0.368. The first-order chi connectivity index (χ1) is 11.2. The third kappa shape index (κ3) is 3.80. The van der Waals surface area contributed by atoms with E-state index in [4.69, 9.17) is 16.3 Å². The van der Waals surface area contributed by atoms with Crippen molar-refractivity contribution in [2.45, 2.75) is 19.5 Å². The molecule has 1 aliphatic rings. The van der Waals surface area contributed by atoms with E-state index in [1.54, 1.807) is 7.11 Å². The summed E-state index contributed by atoms with van der Waals surface area (Å²) in [5.41, 5.74) is 2.56. The summed E-state index contributed by atoms with van der Waals surface area (Å²) in [5.74, 6) is 0.739. The Hall–Kier alpha value is -1.71. The number of piperazine rings is 1. The SMILES string of the molecule is COc1cc(N2CCN(Cc3ccccc3)CC2C)ccc1Cl. The van der Waals surface area contributed by atoms with E-state index in [9.17, 15) is 0 Å². The lowest BCUT2D eigenvalue weighted by Gasteiger charge is -2.41. The standard InChI is InChI=1S/C19H23ClN2O/c1-15-13-21(14-16-6-4-3-5-7-16)10-11-22(15)17-8-9-18(20)19(12-17)23-2/h3-9,12,15H,10-11,13-14H2,1-2H3. The molecule has 0 amide bonds. The van der Waals surface area contributed by atoms with Gasteiger partial charge in [-0.05, 0) is 24.6 Å². The van der Waals surface area contributed by atoms with Gasteiger partial charge in [0.05, 0.1) is 12.1 Å². The Kier molecular flexibility index (Phi) is 5.09. The van der Waals surface area contributed by atoms with Crippen molar-refractivity contribution in [1.29, 1.82) is 0 Å². The molecule has 1 heterocycles. The quantitative estimate of drug-likeness (QED) is 0.840. The Labute approximate surface area is 143 Å². The number of anilines is 1. The molecule has 1 fully saturated rings. The van der Waals surface area contributed by atoms with Crippen molar-refractivity contribution in [1.82, 2.24) is 4.90 Å². The third-order valence-corrected chi connectivity index (χ3v) is 4.74. The highest BCUT2D eigenvalue weighted by Crippen LogP contribution is 2.31. The lowest BCUT2D eigenvalue weighted by atomic mass is 10.1. The van der Waals surface area contributed by atoms with E-state index >= 15 is 0 Å². The summed E-state index contributed by atoms with van der Waals surface area (Å²) in [6.07, 6.45) is 0. The number of nitrogens with zero attached hydrogens (tertiary/aromatic N) is 2. The molecule has 4 heteroatoms. The molecule has 0 saturated carbocycles. The highest BCUT2D eigenvalue weighted by molar-refractivity contribution is 6.32. The maximum Gasteiger partial charge on any atom is 0.139 e. The summed E-state index contributed by atoms with van der Waals surface area (Å²) >= 11 is 6.13. The van der Waals surface area contributed by atoms with Gasteiger partial charge in [-0.3, -0.25) is 4.90 Å². The van der Waals surface area contributed by atoms with Gasteiger partial charge in [-0.1, -0.05) is 41.9 Å². The van der Waals surface area contributed by atoms with Crippen LogP contribution in [-0.4, -0.2) is 37.7 Å². The molecule has 0 bridgehead atoms. The summed E-state index contributed by atoms with van der Waals surface area (Å²) in [6.45, 7) is 6.42. The fourth-order valence-electron chi connectivity index (χ4n) is 3.23. The number of halogens is 1. The first-order valence-corrected chi connectivity index (χ1v) is 8.41. The van der Waals surface area contributed by atoms with Crippen molar-refractivity contribution >= 4 is 17.3 Å². The highest BCUT2D eigenvalue weighted by Gasteiger charge is 2.24. The van der Waals surface area contributed by atoms with Gasteiger partial charge < -0.3 is 9.64 Å². The Morgan fingerprint density at radius 3 is 2.61 bits per heavy atom. The van der Waals surface area contributed by atoms with Crippen LogP contribution in [0.5, 0.6) is 5.75 Å². The lowest BCUT2D eigenvalue weighted by molar-refractivity contribution is 0.221. The first kappa shape index (κ1) is 16.2. The molecule has 0 radical (unpaired) electrons. The number of hydrogen-bond donors (Lipinski definition) is 0. The molecule has 1 saturated heterocycles. The molecule has 1 atom stereocenters. The summed E-state index contributed by atoms with van der Waals surface area (Å²) in [4.78, 5) is 4.95. The van der Waals surface area contributed by atoms with Crippen LogP contribution < -0.4 is 9.64 Å². The van der Waals surface area contributed by atoms with Gasteiger partial charge in [0.1, 0.15) is 5.75 Å². The van der Waals surface area contributed by atoms with Crippen LogP contribution in [0.15, 0.2) is 48.5 Å². The maximum absolute atomic E-state index is 6.13. The van der Waals surface area contributed by atoms with Crippen LogP contribution in [0, 0.1) is 0 Å². The molecule has 122 valence electrons. The predicted molar refractivity (Wildman–Crippen MR) is 96.5 cm³/mol. The summed E-state index contributed by atoms with van der Waals surface area (Å²) in [7, 11) is 1.66. The van der Waals surface area contributed by atoms with Gasteiger partial charge in [0.15, 0.2) is 0 Å². The van der Waals surface area contributed by atoms with E-state index in [0.29, 0.717) is 11.1 Å². The molecule has 1 aliphatic heterocycles. The molecule has 0 spiro atoms. The summed E-state index contributed by atoms with van der Waals surface area (Å²) in [6, 6.07) is 17.2. The van der Waals surface area contributed by atoms with Gasteiger partial charge in [0.2, 0.25) is 0 Å². The van der Waals surface area contributed by atoms with Crippen molar-refractivity contribution < 1.29 is 4.74 Å². The average Bonchev–Trinajstić information content (AvgIpc) is 2.57. The normalized spacial score (nSPS) is 18.9. The Morgan fingerprint density at radius 1 is 1.13 bits per heavy atom. The second-order valence-electron chi connectivity index (χ2n) is 6.08. The molecule has 0 N–H and O–H groups in total. The van der Waals surface area contributed by atoms with E-state index in [2.05, 4.69) is 53.1 Å². The van der Waals surface area contributed by atoms with Crippen molar-refractivity contribution in [3.63, 3.8) is 0 Å². The van der Waals surface area contributed by atoms with E-state index < -0.39 is 0 Å². The third-order valence-electron chi connectivity index (χ3n) is 4.43. The average molecular weight is 331 g/mol. The predicted octanol–water partition coefficient (Wildman–Crippen LogP) is 4.06. The minimum Gasteiger partial charge on any atom is -0.495 e. The van der Waals surface area contributed by atoms with Crippen LogP contribution in [0.3, 0.4) is 0 Å². The van der Waals surface area contributed by atoms with Gasteiger partial charge in [-0.15, -0.1) is 0 Å². The Bertz CT molecular complexity index is 647. The second-order valence-corrected chi connectivity index (χ2v) is 6.49. The number of hydrogen-bond acceptors (Lipinski definition) is 3. The van der Waals surface area contributed by atoms with Crippen molar-refractivity contribution in [2.75, 3.05) is 31.6 Å². The largest absolute Gasteiger partial charge is 0.495 e. The van der Waals surface area contributed by atoms with E-state index in [1.165, 1.54) is 11.3 Å². The number of benzene rings is 2. The van der Waals surface area contributed by atoms with E-state index in [1.807, 2.05) is 12.1 Å². The maximum atomic E-state index is 6.13. The Balaban J connectivity index is 1.67. The zero-order valence-electron chi connectivity index (χ0n) is 13.7. The summed E-state index contributed by atoms with van der Waals surface area (Å²) < 4.78 is 5.34. The van der Waals surface area contributed by atoms with Gasteiger partial charge in [-0.25, -0.2) is 0 Å². The molecule has 1 unspecified atom stereocenters. The zero-order valence-corrected chi connectivity index (χ0v) is 14.5. The van der Waals surface area contributed by atoms with Gasteiger partial charge >= 0.3 is 0 Å². The van der Waals surface area contributed by atoms with Gasteiger partial charge in [-0.2, -0.15) is 0 Å². The molecular weight excluding hydrogens is 308 g/mol. The molecule has 23 heavy (non-hydrogen) atoms. The van der Waals surface area contributed by atoms with Crippen LogP contribution in [0.1, 0.15) is 12.5 Å². The van der Waals surface area contributed by atoms with Crippen molar-refractivity contribution in [3.05, 3.63) is 59.1 Å². The molecular formula is C19H23ClN2O. The number of ether oxygens (including phenoxy) is 1. The smallest absolute Gasteiger partial charge is 0.139 e. The Morgan fingerprint density at radius 2 is 1.91 bits per heavy atom. The van der Waals surface area contributed by atoms with Crippen LogP contribution in [0.2, 0.25) is 5.02 Å². The number of methoxy groups -OCH3 is 1. The van der Waals surface area contributed by atoms with Crippen molar-refractivity contribution in [2.24, 2.45) is 0 Å². The monoisotopic (exact) mass is 330 g/mol. The van der Waals surface area contributed by atoms with Crippen LogP contribution >= 0.6 is 11.6 Å². The van der Waals surface area contributed by atoms with Crippen LogP contribution in [-0.2, 0) is 6.54 Å². The fourth-order valence-corrected chi connectivity index (χ4v) is 3.42. The molecule has 0 aromatic heterocycles. The number of rotatable bonds is 4. The van der Waals surface area contributed by atoms with E-state index in [0.717, 1.165) is 31.9 Å². The highest BCUT2D eigenvalue weighted by atomic mass is 35.5. The first-order valence-electron chi connectivity index (χ1n) is 8.04. The van der Waals surface area contributed by atoms with Crippen LogP contribution in [0.4, 0.5) is 5.69 Å². The minimum absolute atomic E-state index is 0.457. The molecule has 2 aromatic rings. The molecule has 0 aliphatic carbocycles. The topological polar surface area (TPSA) is 15.7 Å². The second kappa shape index (κ2) is 7.24. The van der Waals surface area contributed by atoms with Crippen molar-refractivity contribution in [3.8, 4) is 5.75 Å². The van der Waals surface area contributed by atoms with Crippen LogP contribution in [0.25, 0.3) is 0 Å². The lowest BCUT2D eigenvalue weighted by Crippen LogP contribution is -2.51. The van der Waals surface area contributed by atoms with Gasteiger partial charge in [0, 0.05) is 44.0 Å². The minimum atomic E-state index is 0.457.